The number of carboxylic acid groups (broad SMARTS) is 1. The Balaban J connectivity index is 1.73. The minimum absolute atomic E-state index is 0.132. The van der Waals surface area contributed by atoms with Gasteiger partial charge < -0.3 is 19.9 Å². The summed E-state index contributed by atoms with van der Waals surface area (Å²) in [5.41, 5.74) is 3.08. The third-order valence-corrected chi connectivity index (χ3v) is 5.89. The van der Waals surface area contributed by atoms with Crippen LogP contribution in [0, 0.1) is 13.8 Å². The molecule has 2 aromatic rings. The Morgan fingerprint density at radius 1 is 1.12 bits per heavy atom. The second kappa shape index (κ2) is 11.3. The van der Waals surface area contributed by atoms with Gasteiger partial charge in [-0.05, 0) is 55.5 Å². The Morgan fingerprint density at radius 2 is 1.82 bits per heavy atom. The van der Waals surface area contributed by atoms with Crippen LogP contribution >= 0.6 is 0 Å². The van der Waals surface area contributed by atoms with Gasteiger partial charge in [-0.15, -0.1) is 0 Å². The summed E-state index contributed by atoms with van der Waals surface area (Å²) < 4.78 is 10.0. The van der Waals surface area contributed by atoms with Crippen molar-refractivity contribution in [2.24, 2.45) is 0 Å². The molecule has 3 rings (SSSR count). The van der Waals surface area contributed by atoms with Crippen LogP contribution in [0.15, 0.2) is 42.5 Å². The Labute approximate surface area is 194 Å². The number of carbonyl (C=O) groups is 2. The number of nitrogens with one attached hydrogen (secondary N) is 1. The monoisotopic (exact) mass is 457 g/mol. The van der Waals surface area contributed by atoms with Gasteiger partial charge in [0.1, 0.15) is 25.4 Å². The van der Waals surface area contributed by atoms with E-state index in [1.165, 1.54) is 0 Å². The molecule has 2 amide bonds. The molecule has 33 heavy (non-hydrogen) atoms. The molecule has 0 aliphatic carbocycles. The number of aryl methyl sites for hydroxylation is 2. The van der Waals surface area contributed by atoms with Gasteiger partial charge in [-0.25, -0.2) is 0 Å². The van der Waals surface area contributed by atoms with Crippen LogP contribution in [0.5, 0.6) is 5.75 Å². The number of carbonyl (C=O) groups excluding carboxylic acids is 1. The van der Waals surface area contributed by atoms with Crippen molar-refractivity contribution in [1.82, 2.24) is 5.32 Å². The van der Waals surface area contributed by atoms with Crippen molar-refractivity contribution in [3.05, 3.63) is 64.7 Å². The van der Waals surface area contributed by atoms with Crippen LogP contribution in [-0.2, 0) is 16.2 Å². The first-order chi connectivity index (χ1) is 15.8. The normalized spacial score (nSPS) is 20.6. The third kappa shape index (κ3) is 6.31. The molecule has 2 unspecified atom stereocenters. The Hall–Kier alpha value is -2.94. The molecule has 2 atom stereocenters. The minimum Gasteiger partial charge on any atom is -0.467 e. The van der Waals surface area contributed by atoms with E-state index in [-0.39, 0.29) is 31.9 Å². The van der Waals surface area contributed by atoms with Gasteiger partial charge in [-0.3, -0.25) is 4.79 Å². The lowest BCUT2D eigenvalue weighted by molar-refractivity contribution is -1.05. The van der Waals surface area contributed by atoms with Crippen molar-refractivity contribution >= 4 is 12.0 Å². The predicted molar refractivity (Wildman–Crippen MR) is 123 cm³/mol. The summed E-state index contributed by atoms with van der Waals surface area (Å²) in [5, 5.41) is 13.1. The largest absolute Gasteiger partial charge is 0.547 e. The van der Waals surface area contributed by atoms with Crippen LogP contribution in [-0.4, -0.2) is 54.8 Å². The van der Waals surface area contributed by atoms with Crippen LogP contribution in [0.1, 0.15) is 46.3 Å². The van der Waals surface area contributed by atoms with Gasteiger partial charge in [-0.1, -0.05) is 35.0 Å². The molecule has 0 aromatic heterocycles. The van der Waals surface area contributed by atoms with Crippen LogP contribution in [0.3, 0.4) is 0 Å². The first-order valence-electron chi connectivity index (χ1n) is 11.2. The average Bonchev–Trinajstić information content (AvgIpc) is 3.01. The standard InChI is InChI=1S/C25H32N2O6/c1-18-13-21(14-19(2)23(18)32-17-31-3)24(28)26-22-11-7-8-12-27(15-22,25(29)30)33-16-20-9-5-4-6-10-20/h4-6,9-10,13-14,22H,7-8,11-12,15-17H2,1-3H3,(H-,26,28,29,30)/p+1. The number of quaternary nitrogens is 1. The van der Waals surface area contributed by atoms with Crippen LogP contribution in [0.2, 0.25) is 0 Å². The number of benzene rings is 2. The highest BCUT2D eigenvalue weighted by Gasteiger charge is 2.44. The zero-order valence-electron chi connectivity index (χ0n) is 19.5. The Kier molecular flexibility index (Phi) is 8.43. The predicted octanol–water partition coefficient (Wildman–Crippen LogP) is 4.20. The number of methoxy groups -OCH3 is 1. The van der Waals surface area contributed by atoms with E-state index in [9.17, 15) is 14.7 Å². The van der Waals surface area contributed by atoms with Crippen molar-refractivity contribution < 1.29 is 33.7 Å². The first kappa shape index (κ1) is 24.7. The van der Waals surface area contributed by atoms with Crippen molar-refractivity contribution in [2.45, 2.75) is 45.8 Å². The van der Waals surface area contributed by atoms with Gasteiger partial charge in [0.2, 0.25) is 0 Å². The van der Waals surface area contributed by atoms with Crippen LogP contribution in [0.4, 0.5) is 4.79 Å². The fourth-order valence-corrected chi connectivity index (χ4v) is 4.23. The molecule has 0 bridgehead atoms. The van der Waals surface area contributed by atoms with Crippen molar-refractivity contribution in [3.63, 3.8) is 0 Å². The third-order valence-electron chi connectivity index (χ3n) is 5.89. The van der Waals surface area contributed by atoms with Crippen molar-refractivity contribution in [3.8, 4) is 5.75 Å². The molecule has 1 saturated heterocycles. The minimum atomic E-state index is -1.04. The summed E-state index contributed by atoms with van der Waals surface area (Å²) in [6, 6.07) is 12.7. The molecule has 1 aliphatic heterocycles. The second-order valence-corrected chi connectivity index (χ2v) is 8.49. The quantitative estimate of drug-likeness (QED) is 0.456. The number of likely N-dealkylation sites (tertiary alicyclic amines) is 1. The summed E-state index contributed by atoms with van der Waals surface area (Å²) in [7, 11) is 1.55. The number of ether oxygens (including phenoxy) is 2. The maximum absolute atomic E-state index is 13.0. The number of amides is 2. The zero-order chi connectivity index (χ0) is 23.8. The molecule has 0 saturated carbocycles. The number of hydroxylamine groups is 3. The second-order valence-electron chi connectivity index (χ2n) is 8.49. The van der Waals surface area contributed by atoms with E-state index < -0.39 is 10.7 Å². The summed E-state index contributed by atoms with van der Waals surface area (Å²) in [6.07, 6.45) is 1.17. The molecular weight excluding hydrogens is 424 g/mol. The van der Waals surface area contributed by atoms with Gasteiger partial charge in [0.25, 0.3) is 5.91 Å². The molecule has 8 nitrogen and oxygen atoms in total. The van der Waals surface area contributed by atoms with E-state index in [0.717, 1.165) is 23.1 Å². The maximum atomic E-state index is 13.0. The molecule has 0 radical (unpaired) electrons. The highest BCUT2D eigenvalue weighted by atomic mass is 16.7. The molecular formula is C25H33N2O6+. The van der Waals surface area contributed by atoms with Gasteiger partial charge in [0.05, 0.1) is 6.04 Å². The first-order valence-corrected chi connectivity index (χ1v) is 11.2. The molecule has 1 aliphatic rings. The highest BCUT2D eigenvalue weighted by molar-refractivity contribution is 5.95. The Morgan fingerprint density at radius 3 is 2.45 bits per heavy atom. The molecule has 1 heterocycles. The fraction of sp³-hybridized carbons (Fsp3) is 0.440. The van der Waals surface area contributed by atoms with E-state index >= 15 is 0 Å². The summed E-state index contributed by atoms with van der Waals surface area (Å²) in [5.74, 6) is 0.455. The lowest BCUT2D eigenvalue weighted by Crippen LogP contribution is -2.57. The zero-order valence-corrected chi connectivity index (χ0v) is 19.5. The van der Waals surface area contributed by atoms with E-state index in [1.54, 1.807) is 19.2 Å². The number of hydrogen-bond acceptors (Lipinski definition) is 5. The molecule has 2 aromatic carbocycles. The highest BCUT2D eigenvalue weighted by Crippen LogP contribution is 2.26. The SMILES string of the molecule is COCOc1c(C)cc(C(=O)NC2CCCC[N+](OCc3ccccc3)(C(=O)O)C2)cc1C. The molecule has 1 fully saturated rings. The van der Waals surface area contributed by atoms with E-state index in [1.807, 2.05) is 44.2 Å². The van der Waals surface area contributed by atoms with Crippen molar-refractivity contribution in [1.29, 1.82) is 0 Å². The number of hydrogen-bond donors (Lipinski definition) is 2. The number of nitrogens with zero attached hydrogens (tertiary/aromatic N) is 1. The van der Waals surface area contributed by atoms with E-state index in [0.29, 0.717) is 30.7 Å². The Bertz CT molecular complexity index is 942. The van der Waals surface area contributed by atoms with Gasteiger partial charge in [0, 0.05) is 19.1 Å². The van der Waals surface area contributed by atoms with Crippen LogP contribution < -0.4 is 10.1 Å². The van der Waals surface area contributed by atoms with Gasteiger partial charge in [-0.2, -0.15) is 9.63 Å². The van der Waals surface area contributed by atoms with Crippen LogP contribution in [0.25, 0.3) is 0 Å². The summed E-state index contributed by atoms with van der Waals surface area (Å²) >= 11 is 0. The molecule has 0 spiro atoms. The maximum Gasteiger partial charge on any atom is 0.547 e. The lowest BCUT2D eigenvalue weighted by Gasteiger charge is -2.31. The van der Waals surface area contributed by atoms with E-state index in [2.05, 4.69) is 5.32 Å². The molecule has 8 heteroatoms. The topological polar surface area (TPSA) is 94.1 Å². The lowest BCUT2D eigenvalue weighted by atomic mass is 10.0. The summed E-state index contributed by atoms with van der Waals surface area (Å²) in [6.45, 7) is 4.61. The number of rotatable bonds is 8. The summed E-state index contributed by atoms with van der Waals surface area (Å²) in [4.78, 5) is 31.3. The van der Waals surface area contributed by atoms with Gasteiger partial charge >= 0.3 is 6.09 Å². The average molecular weight is 458 g/mol. The smallest absolute Gasteiger partial charge is 0.467 e. The molecule has 2 N–H and O–H groups in total. The van der Waals surface area contributed by atoms with Crippen molar-refractivity contribution in [2.75, 3.05) is 27.0 Å². The fourth-order valence-electron chi connectivity index (χ4n) is 4.23. The van der Waals surface area contributed by atoms with Gasteiger partial charge in [0.15, 0.2) is 6.79 Å². The molecule has 178 valence electrons. The van der Waals surface area contributed by atoms with E-state index in [4.69, 9.17) is 14.3 Å².